The van der Waals surface area contributed by atoms with Crippen LogP contribution in [0.15, 0.2) is 24.4 Å². The second kappa shape index (κ2) is 14.7. The van der Waals surface area contributed by atoms with Gasteiger partial charge in [0.1, 0.15) is 12.2 Å². The van der Waals surface area contributed by atoms with Gasteiger partial charge in [0.25, 0.3) is 0 Å². The summed E-state index contributed by atoms with van der Waals surface area (Å²) in [6.07, 6.45) is 5.53. The molecule has 0 aliphatic carbocycles. The molecule has 2 atom stereocenters. The van der Waals surface area contributed by atoms with Gasteiger partial charge < -0.3 is 28.6 Å². The molecule has 2 N–H and O–H groups in total. The number of rotatable bonds is 12. The van der Waals surface area contributed by atoms with Crippen LogP contribution in [0, 0.1) is 11.8 Å². The lowest BCUT2D eigenvalue weighted by molar-refractivity contribution is -0.165. The molecule has 0 bridgehead atoms. The smallest absolute Gasteiger partial charge is 0.422 e. The van der Waals surface area contributed by atoms with E-state index in [2.05, 4.69) is 14.6 Å². The zero-order chi connectivity index (χ0) is 31.0. The molecule has 2 aromatic rings. The number of amides is 1. The van der Waals surface area contributed by atoms with Crippen molar-refractivity contribution in [2.24, 2.45) is 11.8 Å². The minimum atomic E-state index is -4.02. The summed E-state index contributed by atoms with van der Waals surface area (Å²) < 4.78 is 57.2. The topological polar surface area (TPSA) is 138 Å². The van der Waals surface area contributed by atoms with E-state index in [-0.39, 0.29) is 18.8 Å². The summed E-state index contributed by atoms with van der Waals surface area (Å²) >= 11 is 0. The van der Waals surface area contributed by atoms with Gasteiger partial charge >= 0.3 is 16.3 Å². The number of hydrogen-bond acceptors (Lipinski definition) is 10. The zero-order valence-corrected chi connectivity index (χ0v) is 26.7. The normalized spacial score (nSPS) is 19.2. The third-order valence-corrected chi connectivity index (χ3v) is 8.67. The molecular weight excluding hydrogens is 576 g/mol. The predicted molar refractivity (Wildman–Crippen MR) is 164 cm³/mol. The van der Waals surface area contributed by atoms with Crippen molar-refractivity contribution in [1.82, 2.24) is 14.4 Å². The Morgan fingerprint density at radius 3 is 2.58 bits per heavy atom. The molecule has 4 rings (SSSR count). The highest BCUT2D eigenvalue weighted by atomic mass is 32.2. The van der Waals surface area contributed by atoms with Crippen LogP contribution in [0.1, 0.15) is 59.8 Å². The first-order valence-electron chi connectivity index (χ1n) is 15.0. The Morgan fingerprint density at radius 2 is 1.91 bits per heavy atom. The number of anilines is 1. The van der Waals surface area contributed by atoms with Gasteiger partial charge in [0.2, 0.25) is 0 Å². The highest BCUT2D eigenvalue weighted by Gasteiger charge is 2.27. The Bertz CT molecular complexity index is 1320. The summed E-state index contributed by atoms with van der Waals surface area (Å²) in [5.41, 5.74) is 1.09. The number of carbonyl (C=O) groups excluding carboxylic acids is 1. The van der Waals surface area contributed by atoms with Gasteiger partial charge in [-0.2, -0.15) is 13.1 Å². The Balaban J connectivity index is 1.32. The van der Waals surface area contributed by atoms with Gasteiger partial charge in [-0.3, -0.25) is 4.98 Å². The minimum Gasteiger partial charge on any atom is -0.493 e. The van der Waals surface area contributed by atoms with Gasteiger partial charge in [-0.25, -0.2) is 9.52 Å². The lowest BCUT2D eigenvalue weighted by Gasteiger charge is -2.36. The molecule has 0 saturated carbocycles. The number of benzene rings is 1. The maximum absolute atomic E-state index is 12.3. The summed E-state index contributed by atoms with van der Waals surface area (Å²) in [5, 5.41) is 0.974. The van der Waals surface area contributed by atoms with E-state index in [1.807, 2.05) is 29.8 Å². The molecule has 1 aromatic heterocycles. The third-order valence-electron chi connectivity index (χ3n) is 7.68. The van der Waals surface area contributed by atoms with Gasteiger partial charge in [-0.05, 0) is 76.8 Å². The number of fused-ring (bicyclic) bond motifs is 1. The number of methoxy groups -OCH3 is 1. The van der Waals surface area contributed by atoms with Crippen molar-refractivity contribution < 1.29 is 36.9 Å². The summed E-state index contributed by atoms with van der Waals surface area (Å²) in [4.78, 5) is 18.8. The van der Waals surface area contributed by atoms with E-state index in [0.717, 1.165) is 68.4 Å². The molecule has 2 aliphatic rings. The highest BCUT2D eigenvalue weighted by Crippen LogP contribution is 2.37. The van der Waals surface area contributed by atoms with Crippen LogP contribution in [0.2, 0.25) is 0 Å². The predicted octanol–water partition coefficient (Wildman–Crippen LogP) is 4.38. The van der Waals surface area contributed by atoms with E-state index in [1.165, 1.54) is 0 Å². The van der Waals surface area contributed by atoms with Crippen molar-refractivity contribution in [3.05, 3.63) is 24.4 Å². The van der Waals surface area contributed by atoms with Gasteiger partial charge in [0, 0.05) is 49.6 Å². The Morgan fingerprint density at radius 1 is 1.14 bits per heavy atom. The van der Waals surface area contributed by atoms with Crippen LogP contribution in [0.3, 0.4) is 0 Å². The van der Waals surface area contributed by atoms with Gasteiger partial charge in [-0.1, -0.05) is 6.92 Å². The van der Waals surface area contributed by atoms with E-state index in [4.69, 9.17) is 23.7 Å². The Labute approximate surface area is 254 Å². The van der Waals surface area contributed by atoms with Gasteiger partial charge in [0.05, 0.1) is 19.2 Å². The molecule has 2 fully saturated rings. The molecule has 12 nitrogen and oxygen atoms in total. The van der Waals surface area contributed by atoms with Crippen molar-refractivity contribution in [2.75, 3.05) is 51.5 Å². The molecule has 240 valence electrons. The minimum absolute atomic E-state index is 0.0806. The fraction of sp³-hybridized carbons (Fsp3) is 0.667. The molecule has 1 amide bonds. The van der Waals surface area contributed by atoms with Crippen LogP contribution in [0.25, 0.3) is 10.9 Å². The van der Waals surface area contributed by atoms with Crippen molar-refractivity contribution in [2.45, 2.75) is 71.7 Å². The highest BCUT2D eigenvalue weighted by molar-refractivity contribution is 7.88. The van der Waals surface area contributed by atoms with Crippen LogP contribution in [-0.2, 0) is 24.4 Å². The van der Waals surface area contributed by atoms with E-state index < -0.39 is 21.9 Å². The quantitative estimate of drug-likeness (QED) is 0.328. The molecule has 3 heterocycles. The first-order valence-corrected chi connectivity index (χ1v) is 16.5. The van der Waals surface area contributed by atoms with Crippen molar-refractivity contribution in [3.8, 4) is 11.5 Å². The lowest BCUT2D eigenvalue weighted by Crippen LogP contribution is -2.45. The number of carbonyl (C=O) groups is 1. The molecule has 1 unspecified atom stereocenters. The summed E-state index contributed by atoms with van der Waals surface area (Å²) in [7, 11) is -2.40. The number of ether oxygens (including phenoxy) is 5. The summed E-state index contributed by atoms with van der Waals surface area (Å²) in [6.45, 7) is 10.4. The van der Waals surface area contributed by atoms with E-state index in [1.54, 1.807) is 34.1 Å². The van der Waals surface area contributed by atoms with Crippen molar-refractivity contribution in [3.63, 3.8) is 0 Å². The van der Waals surface area contributed by atoms with E-state index in [0.29, 0.717) is 30.6 Å². The molecule has 13 heteroatoms. The maximum atomic E-state index is 12.3. The monoisotopic (exact) mass is 622 g/mol. The average Bonchev–Trinajstić information content (AvgIpc) is 2.96. The molecule has 0 spiro atoms. The number of hydrogen-bond donors (Lipinski definition) is 2. The molecule has 43 heavy (non-hydrogen) atoms. The third kappa shape index (κ3) is 9.82. The maximum Gasteiger partial charge on any atom is 0.422 e. The second-order valence-electron chi connectivity index (χ2n) is 12.1. The fourth-order valence-corrected chi connectivity index (χ4v) is 6.24. The van der Waals surface area contributed by atoms with Crippen LogP contribution < -0.4 is 23.8 Å². The van der Waals surface area contributed by atoms with Gasteiger partial charge in [0.15, 0.2) is 17.8 Å². The molecule has 2 aliphatic heterocycles. The van der Waals surface area contributed by atoms with Crippen LogP contribution in [0.4, 0.5) is 10.5 Å². The van der Waals surface area contributed by atoms with E-state index in [9.17, 15) is 13.2 Å². The lowest BCUT2D eigenvalue weighted by atomic mass is 9.85. The van der Waals surface area contributed by atoms with Gasteiger partial charge in [-0.15, -0.1) is 0 Å². The molecular formula is C30H46N4O8S. The molecule has 2 saturated heterocycles. The summed E-state index contributed by atoms with van der Waals surface area (Å²) in [5.74, 6) is 1.65. The van der Waals surface area contributed by atoms with E-state index >= 15 is 0 Å². The Hall–Kier alpha value is -2.87. The molecule has 1 aromatic carbocycles. The molecule has 0 radical (unpaired) electrons. The largest absolute Gasteiger partial charge is 0.493 e. The number of aromatic nitrogens is 1. The van der Waals surface area contributed by atoms with Crippen molar-refractivity contribution >= 4 is 32.9 Å². The van der Waals surface area contributed by atoms with Crippen LogP contribution >= 0.6 is 0 Å². The first kappa shape index (κ1) is 33.0. The number of pyridine rings is 1. The fourth-order valence-electron chi connectivity index (χ4n) is 5.42. The number of nitrogens with one attached hydrogen (secondary N) is 2. The zero-order valence-electron chi connectivity index (χ0n) is 25.9. The van der Waals surface area contributed by atoms with Crippen LogP contribution in [-0.4, -0.2) is 78.0 Å². The average molecular weight is 623 g/mol. The van der Waals surface area contributed by atoms with Crippen molar-refractivity contribution in [1.29, 1.82) is 0 Å². The number of nitrogens with zero attached hydrogens (tertiary/aromatic N) is 2. The summed E-state index contributed by atoms with van der Waals surface area (Å²) in [6, 6.07) is 5.89. The standard InChI is InChI=1S/C30H46N4O8S/c1-21(20-32-43(36,37)33-29(35)42-30(2,3)4)22-10-13-34(14-11-22)25-9-12-31-24-19-26(38-5)27(18-23(24)25)39-16-17-41-28-8-6-7-15-40-28/h9,12,18-19,21-22,28,32H,6-8,10-11,13-17,20H2,1-5H3,(H,33,35)/t21?,28-/m0/s1. The Kier molecular flexibility index (Phi) is 11.3. The van der Waals surface area contributed by atoms with Crippen LogP contribution in [0.5, 0.6) is 11.5 Å². The second-order valence-corrected chi connectivity index (χ2v) is 13.6. The SMILES string of the molecule is COc1cc2nccc(N3CCC(C(C)CNS(=O)(=O)NC(=O)OC(C)(C)C)CC3)c2cc1OCCO[C@H]1CCCCO1. The first-order chi connectivity index (χ1) is 20.4. The number of piperidine rings is 1.